The molecule has 0 bridgehead atoms. The standard InChI is InChI=1S/C15H24N4O/c1-11(2)10-15(4,5)14(20)17-13-9-12(3)19(18-13)8-6-7-16/h9,11H,6,8,10H2,1-5H3,(H,17,18,20). The van der Waals surface area contributed by atoms with Crippen molar-refractivity contribution in [2.24, 2.45) is 11.3 Å². The van der Waals surface area contributed by atoms with E-state index < -0.39 is 5.41 Å². The summed E-state index contributed by atoms with van der Waals surface area (Å²) >= 11 is 0. The topological polar surface area (TPSA) is 70.7 Å². The van der Waals surface area contributed by atoms with Gasteiger partial charge in [-0.05, 0) is 19.3 Å². The van der Waals surface area contributed by atoms with Gasteiger partial charge in [-0.2, -0.15) is 10.4 Å². The Bertz CT molecular complexity index is 508. The van der Waals surface area contributed by atoms with Gasteiger partial charge < -0.3 is 5.32 Å². The van der Waals surface area contributed by atoms with Crippen molar-refractivity contribution in [1.82, 2.24) is 9.78 Å². The number of aryl methyl sites for hydroxylation is 2. The van der Waals surface area contributed by atoms with E-state index in [4.69, 9.17) is 5.26 Å². The molecule has 0 aliphatic heterocycles. The van der Waals surface area contributed by atoms with E-state index in [1.807, 2.05) is 26.8 Å². The molecule has 0 unspecified atom stereocenters. The number of nitrogens with zero attached hydrogens (tertiary/aromatic N) is 3. The normalized spacial score (nSPS) is 11.4. The Labute approximate surface area is 121 Å². The van der Waals surface area contributed by atoms with Crippen LogP contribution >= 0.6 is 0 Å². The fourth-order valence-corrected chi connectivity index (χ4v) is 2.35. The second-order valence-corrected chi connectivity index (χ2v) is 6.24. The molecule has 1 rings (SSSR count). The third-order valence-electron chi connectivity index (χ3n) is 3.19. The van der Waals surface area contributed by atoms with Crippen molar-refractivity contribution in [3.05, 3.63) is 11.8 Å². The third-order valence-corrected chi connectivity index (χ3v) is 3.19. The van der Waals surface area contributed by atoms with Crippen LogP contribution in [0.2, 0.25) is 0 Å². The highest BCUT2D eigenvalue weighted by molar-refractivity contribution is 5.94. The quantitative estimate of drug-likeness (QED) is 0.867. The summed E-state index contributed by atoms with van der Waals surface area (Å²) in [5.74, 6) is 1.00. The van der Waals surface area contributed by atoms with E-state index in [1.54, 1.807) is 4.68 Å². The van der Waals surface area contributed by atoms with Crippen LogP contribution in [0.4, 0.5) is 5.82 Å². The zero-order valence-electron chi connectivity index (χ0n) is 13.0. The zero-order chi connectivity index (χ0) is 15.3. The molecule has 0 saturated heterocycles. The summed E-state index contributed by atoms with van der Waals surface area (Å²) < 4.78 is 1.74. The van der Waals surface area contributed by atoms with Gasteiger partial charge in [0.25, 0.3) is 0 Å². The summed E-state index contributed by atoms with van der Waals surface area (Å²) in [5.41, 5.74) is 0.524. The van der Waals surface area contributed by atoms with Crippen molar-refractivity contribution in [1.29, 1.82) is 5.26 Å². The summed E-state index contributed by atoms with van der Waals surface area (Å²) in [7, 11) is 0. The minimum atomic E-state index is -0.418. The Morgan fingerprint density at radius 3 is 2.75 bits per heavy atom. The lowest BCUT2D eigenvalue weighted by molar-refractivity contribution is -0.124. The van der Waals surface area contributed by atoms with Gasteiger partial charge in [0.1, 0.15) is 0 Å². The monoisotopic (exact) mass is 276 g/mol. The van der Waals surface area contributed by atoms with E-state index in [9.17, 15) is 4.79 Å². The van der Waals surface area contributed by atoms with Crippen LogP contribution in [0, 0.1) is 29.6 Å². The molecule has 1 amide bonds. The molecule has 0 spiro atoms. The van der Waals surface area contributed by atoms with Gasteiger partial charge in [0.2, 0.25) is 5.91 Å². The molecule has 0 aliphatic carbocycles. The molecule has 1 N–H and O–H groups in total. The summed E-state index contributed by atoms with van der Waals surface area (Å²) in [6, 6.07) is 3.93. The van der Waals surface area contributed by atoms with Crippen LogP contribution in [0.1, 0.15) is 46.2 Å². The highest BCUT2D eigenvalue weighted by Gasteiger charge is 2.29. The van der Waals surface area contributed by atoms with Crippen molar-refractivity contribution >= 4 is 11.7 Å². The van der Waals surface area contributed by atoms with E-state index in [2.05, 4.69) is 30.3 Å². The Kier molecular flexibility index (Phi) is 5.32. The fraction of sp³-hybridized carbons (Fsp3) is 0.667. The average molecular weight is 276 g/mol. The van der Waals surface area contributed by atoms with Gasteiger partial charge in [-0.25, -0.2) is 0 Å². The van der Waals surface area contributed by atoms with E-state index >= 15 is 0 Å². The molecule has 0 aromatic carbocycles. The third kappa shape index (κ3) is 4.37. The van der Waals surface area contributed by atoms with E-state index in [0.717, 1.165) is 12.1 Å². The number of aromatic nitrogens is 2. The molecule has 5 heteroatoms. The van der Waals surface area contributed by atoms with Crippen LogP contribution in [-0.2, 0) is 11.3 Å². The number of rotatable bonds is 6. The molecule has 0 fully saturated rings. The van der Waals surface area contributed by atoms with Gasteiger partial charge in [-0.3, -0.25) is 9.48 Å². The number of hydrogen-bond donors (Lipinski definition) is 1. The summed E-state index contributed by atoms with van der Waals surface area (Å²) in [4.78, 5) is 12.3. The lowest BCUT2D eigenvalue weighted by atomic mass is 9.83. The fourth-order valence-electron chi connectivity index (χ4n) is 2.35. The van der Waals surface area contributed by atoms with Gasteiger partial charge in [0, 0.05) is 17.2 Å². The first-order chi connectivity index (χ1) is 9.26. The number of nitriles is 1. The molecule has 1 aromatic rings. The predicted octanol–water partition coefficient (Wildman–Crippen LogP) is 3.12. The van der Waals surface area contributed by atoms with Crippen LogP contribution in [0.25, 0.3) is 0 Å². The van der Waals surface area contributed by atoms with E-state index in [1.165, 1.54) is 0 Å². The molecule has 1 aromatic heterocycles. The van der Waals surface area contributed by atoms with Gasteiger partial charge in [0.15, 0.2) is 5.82 Å². The van der Waals surface area contributed by atoms with Crippen molar-refractivity contribution in [3.8, 4) is 6.07 Å². The molecule has 110 valence electrons. The average Bonchev–Trinajstić information content (AvgIpc) is 2.65. The number of carbonyl (C=O) groups is 1. The summed E-state index contributed by atoms with van der Waals surface area (Å²) in [6.45, 7) is 10.6. The van der Waals surface area contributed by atoms with Gasteiger partial charge in [-0.1, -0.05) is 27.7 Å². The number of nitrogens with one attached hydrogen (secondary N) is 1. The molecule has 1 heterocycles. The van der Waals surface area contributed by atoms with Crippen molar-refractivity contribution < 1.29 is 4.79 Å². The lowest BCUT2D eigenvalue weighted by Crippen LogP contribution is -2.32. The number of anilines is 1. The first-order valence-electron chi connectivity index (χ1n) is 6.99. The Morgan fingerprint density at radius 2 is 2.20 bits per heavy atom. The van der Waals surface area contributed by atoms with Crippen LogP contribution < -0.4 is 5.32 Å². The van der Waals surface area contributed by atoms with Gasteiger partial charge >= 0.3 is 0 Å². The maximum atomic E-state index is 12.3. The molecule has 0 aliphatic rings. The molecule has 20 heavy (non-hydrogen) atoms. The van der Waals surface area contributed by atoms with Gasteiger partial charge in [0.05, 0.1) is 19.0 Å². The molecule has 0 radical (unpaired) electrons. The van der Waals surface area contributed by atoms with Crippen LogP contribution in [0.15, 0.2) is 6.07 Å². The SMILES string of the molecule is Cc1cc(NC(=O)C(C)(C)CC(C)C)nn1CCC#N. The second kappa shape index (κ2) is 6.56. The molecular weight excluding hydrogens is 252 g/mol. The summed E-state index contributed by atoms with van der Waals surface area (Å²) in [6.07, 6.45) is 1.24. The minimum Gasteiger partial charge on any atom is -0.309 e. The van der Waals surface area contributed by atoms with E-state index in [-0.39, 0.29) is 5.91 Å². The van der Waals surface area contributed by atoms with E-state index in [0.29, 0.717) is 24.7 Å². The highest BCUT2D eigenvalue weighted by Crippen LogP contribution is 2.27. The van der Waals surface area contributed by atoms with Crippen LogP contribution in [-0.4, -0.2) is 15.7 Å². The molecule has 5 nitrogen and oxygen atoms in total. The maximum Gasteiger partial charge on any atom is 0.231 e. The van der Waals surface area contributed by atoms with Gasteiger partial charge in [-0.15, -0.1) is 0 Å². The maximum absolute atomic E-state index is 12.3. The molecule has 0 atom stereocenters. The first-order valence-corrected chi connectivity index (χ1v) is 6.99. The molecule has 0 saturated carbocycles. The second-order valence-electron chi connectivity index (χ2n) is 6.24. The first kappa shape index (κ1) is 16.2. The Morgan fingerprint density at radius 1 is 1.55 bits per heavy atom. The largest absolute Gasteiger partial charge is 0.309 e. The number of hydrogen-bond acceptors (Lipinski definition) is 3. The smallest absolute Gasteiger partial charge is 0.231 e. The van der Waals surface area contributed by atoms with Crippen LogP contribution in [0.3, 0.4) is 0 Å². The number of amides is 1. The Hall–Kier alpha value is -1.83. The predicted molar refractivity (Wildman–Crippen MR) is 79.1 cm³/mol. The van der Waals surface area contributed by atoms with Crippen LogP contribution in [0.5, 0.6) is 0 Å². The van der Waals surface area contributed by atoms with Crippen molar-refractivity contribution in [3.63, 3.8) is 0 Å². The molecular formula is C15H24N4O. The minimum absolute atomic E-state index is 0.0175. The zero-order valence-corrected chi connectivity index (χ0v) is 13.0. The van der Waals surface area contributed by atoms with Crippen molar-refractivity contribution in [2.45, 2.75) is 54.0 Å². The number of carbonyl (C=O) groups excluding carboxylic acids is 1. The van der Waals surface area contributed by atoms with Crippen molar-refractivity contribution in [2.75, 3.05) is 5.32 Å². The Balaban J connectivity index is 2.74. The summed E-state index contributed by atoms with van der Waals surface area (Å²) in [5, 5.41) is 15.8. The lowest BCUT2D eigenvalue weighted by Gasteiger charge is -2.24. The highest BCUT2D eigenvalue weighted by atomic mass is 16.2.